The van der Waals surface area contributed by atoms with Gasteiger partial charge in [-0.3, -0.25) is 0 Å². The van der Waals surface area contributed by atoms with Crippen molar-refractivity contribution < 1.29 is 14.3 Å². The first-order valence-corrected chi connectivity index (χ1v) is 4.83. The first-order valence-electron chi connectivity index (χ1n) is 4.45. The minimum Gasteiger partial charge on any atom is -0.435 e. The summed E-state index contributed by atoms with van der Waals surface area (Å²) in [5.74, 6) is -0.520. The van der Waals surface area contributed by atoms with Crippen molar-refractivity contribution in [2.45, 2.75) is 6.92 Å². The zero-order chi connectivity index (χ0) is 11.3. The third kappa shape index (κ3) is 3.42. The van der Waals surface area contributed by atoms with E-state index >= 15 is 0 Å². The molecule has 0 amide bonds. The number of hydrogen-bond acceptors (Lipinski definition) is 4. The molecule has 0 saturated carbocycles. The summed E-state index contributed by atoms with van der Waals surface area (Å²) in [5.41, 5.74) is 6.27. The standard InChI is InChI=1S/C10H12ClNO3/c1-2-14-6-15-10(13)8-4-3-7(12)5-9(8)11/h3-5H,2,6,12H2,1H3. The van der Waals surface area contributed by atoms with Gasteiger partial charge in [0, 0.05) is 12.3 Å². The van der Waals surface area contributed by atoms with E-state index in [2.05, 4.69) is 0 Å². The molecule has 0 atom stereocenters. The van der Waals surface area contributed by atoms with Crippen LogP contribution < -0.4 is 5.73 Å². The Bertz CT molecular complexity index is 355. The molecule has 82 valence electrons. The lowest BCUT2D eigenvalue weighted by molar-refractivity contribution is -0.0274. The van der Waals surface area contributed by atoms with Crippen LogP contribution in [0, 0.1) is 0 Å². The Kier molecular flexibility index (Phi) is 4.39. The highest BCUT2D eigenvalue weighted by Crippen LogP contribution is 2.19. The van der Waals surface area contributed by atoms with Crippen LogP contribution in [0.25, 0.3) is 0 Å². The summed E-state index contributed by atoms with van der Waals surface area (Å²) in [6.45, 7) is 2.23. The van der Waals surface area contributed by atoms with Crippen LogP contribution in [0.2, 0.25) is 5.02 Å². The molecule has 0 aliphatic heterocycles. The van der Waals surface area contributed by atoms with E-state index in [1.54, 1.807) is 6.07 Å². The number of carbonyl (C=O) groups excluding carboxylic acids is 1. The number of benzene rings is 1. The molecule has 0 heterocycles. The van der Waals surface area contributed by atoms with Crippen LogP contribution in [0.15, 0.2) is 18.2 Å². The lowest BCUT2D eigenvalue weighted by atomic mass is 10.2. The Morgan fingerprint density at radius 1 is 1.53 bits per heavy atom. The van der Waals surface area contributed by atoms with E-state index in [-0.39, 0.29) is 17.4 Å². The molecular weight excluding hydrogens is 218 g/mol. The number of rotatable bonds is 4. The van der Waals surface area contributed by atoms with Crippen molar-refractivity contribution in [1.82, 2.24) is 0 Å². The van der Waals surface area contributed by atoms with Gasteiger partial charge in [0.2, 0.25) is 0 Å². The van der Waals surface area contributed by atoms with Gasteiger partial charge in [0.25, 0.3) is 0 Å². The molecule has 0 unspecified atom stereocenters. The van der Waals surface area contributed by atoms with Gasteiger partial charge < -0.3 is 15.2 Å². The number of hydrogen-bond donors (Lipinski definition) is 1. The first-order chi connectivity index (χ1) is 7.15. The summed E-state index contributed by atoms with van der Waals surface area (Å²) >= 11 is 5.82. The number of halogens is 1. The molecule has 0 fully saturated rings. The molecule has 15 heavy (non-hydrogen) atoms. The van der Waals surface area contributed by atoms with Crippen LogP contribution >= 0.6 is 11.6 Å². The van der Waals surface area contributed by atoms with Crippen molar-refractivity contribution in [3.8, 4) is 0 Å². The van der Waals surface area contributed by atoms with Crippen LogP contribution in [0.3, 0.4) is 0 Å². The SMILES string of the molecule is CCOCOC(=O)c1ccc(N)cc1Cl. The zero-order valence-electron chi connectivity index (χ0n) is 8.33. The monoisotopic (exact) mass is 229 g/mol. The van der Waals surface area contributed by atoms with Crippen LogP contribution in [-0.2, 0) is 9.47 Å². The molecule has 0 spiro atoms. The molecule has 2 N–H and O–H groups in total. The van der Waals surface area contributed by atoms with E-state index in [4.69, 9.17) is 26.8 Å². The second-order valence-corrected chi connectivity index (χ2v) is 3.19. The number of carbonyl (C=O) groups is 1. The minimum atomic E-state index is -0.520. The second-order valence-electron chi connectivity index (χ2n) is 2.78. The van der Waals surface area contributed by atoms with Crippen molar-refractivity contribution >= 4 is 23.3 Å². The summed E-state index contributed by atoms with van der Waals surface area (Å²) in [7, 11) is 0. The summed E-state index contributed by atoms with van der Waals surface area (Å²) in [6.07, 6.45) is 0. The van der Waals surface area contributed by atoms with E-state index < -0.39 is 5.97 Å². The van der Waals surface area contributed by atoms with Crippen molar-refractivity contribution in [1.29, 1.82) is 0 Å². The van der Waals surface area contributed by atoms with E-state index in [1.807, 2.05) is 6.92 Å². The van der Waals surface area contributed by atoms with E-state index in [0.29, 0.717) is 12.3 Å². The number of ether oxygens (including phenoxy) is 2. The third-order valence-corrected chi connectivity index (χ3v) is 2.00. The highest BCUT2D eigenvalue weighted by atomic mass is 35.5. The molecule has 0 aliphatic rings. The highest BCUT2D eigenvalue weighted by molar-refractivity contribution is 6.33. The van der Waals surface area contributed by atoms with Crippen molar-refractivity contribution in [2.24, 2.45) is 0 Å². The average molecular weight is 230 g/mol. The van der Waals surface area contributed by atoms with E-state index in [1.165, 1.54) is 12.1 Å². The normalized spacial score (nSPS) is 10.0. The molecule has 4 nitrogen and oxygen atoms in total. The van der Waals surface area contributed by atoms with Crippen LogP contribution in [-0.4, -0.2) is 19.4 Å². The molecule has 1 rings (SSSR count). The topological polar surface area (TPSA) is 61.5 Å². The Morgan fingerprint density at radius 2 is 2.27 bits per heavy atom. The minimum absolute atomic E-state index is 0.0734. The third-order valence-electron chi connectivity index (χ3n) is 1.69. The fourth-order valence-electron chi connectivity index (χ4n) is 0.953. The molecule has 1 aromatic rings. The molecule has 0 aliphatic carbocycles. The van der Waals surface area contributed by atoms with Crippen molar-refractivity contribution in [3.05, 3.63) is 28.8 Å². The van der Waals surface area contributed by atoms with Gasteiger partial charge in [-0.25, -0.2) is 4.79 Å². The van der Waals surface area contributed by atoms with Gasteiger partial charge in [0.05, 0.1) is 10.6 Å². The quantitative estimate of drug-likeness (QED) is 0.372. The van der Waals surface area contributed by atoms with E-state index in [9.17, 15) is 4.79 Å². The molecule has 1 aromatic carbocycles. The maximum Gasteiger partial charge on any atom is 0.341 e. The van der Waals surface area contributed by atoms with Crippen LogP contribution in [0.1, 0.15) is 17.3 Å². The second kappa shape index (κ2) is 5.58. The Morgan fingerprint density at radius 3 is 2.87 bits per heavy atom. The summed E-state index contributed by atoms with van der Waals surface area (Å²) in [5, 5.41) is 0.275. The fraction of sp³-hybridized carbons (Fsp3) is 0.300. The summed E-state index contributed by atoms with van der Waals surface area (Å²) in [4.78, 5) is 11.4. The fourth-order valence-corrected chi connectivity index (χ4v) is 1.22. The predicted octanol–water partition coefficient (Wildman–Crippen LogP) is 2.07. The van der Waals surface area contributed by atoms with Gasteiger partial charge >= 0.3 is 5.97 Å². The molecule has 0 bridgehead atoms. The van der Waals surface area contributed by atoms with Gasteiger partial charge in [-0.1, -0.05) is 11.6 Å². The first kappa shape index (κ1) is 11.8. The lowest BCUT2D eigenvalue weighted by Crippen LogP contribution is -2.09. The van der Waals surface area contributed by atoms with Gasteiger partial charge in [0.15, 0.2) is 6.79 Å². The largest absolute Gasteiger partial charge is 0.435 e. The summed E-state index contributed by atoms with van der Waals surface area (Å²) in [6, 6.07) is 4.61. The molecule has 5 heteroatoms. The number of nitrogens with two attached hydrogens (primary N) is 1. The van der Waals surface area contributed by atoms with Crippen molar-refractivity contribution in [3.63, 3.8) is 0 Å². The molecule has 0 radical (unpaired) electrons. The maximum absolute atomic E-state index is 11.4. The highest BCUT2D eigenvalue weighted by Gasteiger charge is 2.11. The van der Waals surface area contributed by atoms with Gasteiger partial charge in [-0.05, 0) is 25.1 Å². The summed E-state index contributed by atoms with van der Waals surface area (Å²) < 4.78 is 9.68. The van der Waals surface area contributed by atoms with Gasteiger partial charge in [-0.2, -0.15) is 0 Å². The Balaban J connectivity index is 2.65. The van der Waals surface area contributed by atoms with Gasteiger partial charge in [-0.15, -0.1) is 0 Å². The van der Waals surface area contributed by atoms with Crippen LogP contribution in [0.4, 0.5) is 5.69 Å². The molecule has 0 aromatic heterocycles. The number of esters is 1. The average Bonchev–Trinajstić information content (AvgIpc) is 2.17. The predicted molar refractivity (Wildman–Crippen MR) is 57.8 cm³/mol. The maximum atomic E-state index is 11.4. The number of anilines is 1. The van der Waals surface area contributed by atoms with Gasteiger partial charge in [0.1, 0.15) is 0 Å². The lowest BCUT2D eigenvalue weighted by Gasteiger charge is -2.06. The zero-order valence-corrected chi connectivity index (χ0v) is 9.08. The Hall–Kier alpha value is -1.26. The molecular formula is C10H12ClNO3. The number of nitrogen functional groups attached to an aromatic ring is 1. The Labute approximate surface area is 92.9 Å². The van der Waals surface area contributed by atoms with Crippen LogP contribution in [0.5, 0.6) is 0 Å². The smallest absolute Gasteiger partial charge is 0.341 e. The van der Waals surface area contributed by atoms with Crippen molar-refractivity contribution in [2.75, 3.05) is 19.1 Å². The van der Waals surface area contributed by atoms with E-state index in [0.717, 1.165) is 0 Å². The molecule has 0 saturated heterocycles.